The van der Waals surface area contributed by atoms with Crippen LogP contribution in [0, 0.1) is 0 Å². The van der Waals surface area contributed by atoms with Crippen LogP contribution in [0.25, 0.3) is 0 Å². The van der Waals surface area contributed by atoms with E-state index in [1.165, 1.54) is 5.56 Å². The lowest BCUT2D eigenvalue weighted by Crippen LogP contribution is -2.24. The first kappa shape index (κ1) is 11.6. The fourth-order valence-electron chi connectivity index (χ4n) is 1.83. The van der Waals surface area contributed by atoms with Crippen LogP contribution in [-0.4, -0.2) is 14.1 Å². The van der Waals surface area contributed by atoms with Crippen LogP contribution in [0.5, 0.6) is 0 Å². The van der Waals surface area contributed by atoms with Gasteiger partial charge in [0.1, 0.15) is 0 Å². The lowest BCUT2D eigenvalue weighted by molar-refractivity contribution is 0.601. The number of hydrogen-bond acceptors (Lipinski definition) is 2. The number of aryl methyl sites for hydroxylation is 3. The molecule has 0 aliphatic rings. The molecule has 2 rings (SSSR count). The first-order chi connectivity index (χ1) is 8.31. The van der Waals surface area contributed by atoms with E-state index in [-0.39, 0.29) is 5.69 Å². The molecule has 0 fully saturated rings. The fourth-order valence-corrected chi connectivity index (χ4v) is 1.83. The highest BCUT2D eigenvalue weighted by Gasteiger charge is 2.02. The molecule has 0 saturated heterocycles. The lowest BCUT2D eigenvalue weighted by Gasteiger charge is -2.02. The Morgan fingerprint density at radius 1 is 1.12 bits per heavy atom. The van der Waals surface area contributed by atoms with Crippen molar-refractivity contribution in [1.82, 2.24) is 14.1 Å². The molecule has 0 spiro atoms. The Bertz CT molecular complexity index is 513. The van der Waals surface area contributed by atoms with Gasteiger partial charge in [0.15, 0.2) is 0 Å². The van der Waals surface area contributed by atoms with E-state index >= 15 is 0 Å². The van der Waals surface area contributed by atoms with E-state index in [1.807, 2.05) is 24.5 Å². The van der Waals surface area contributed by atoms with Gasteiger partial charge in [-0.25, -0.2) is 4.79 Å². The van der Waals surface area contributed by atoms with Crippen molar-refractivity contribution in [2.24, 2.45) is 0 Å². The summed E-state index contributed by atoms with van der Waals surface area (Å²) in [5.74, 6) is 0. The van der Waals surface area contributed by atoms with Gasteiger partial charge in [0.05, 0.1) is 0 Å². The third kappa shape index (κ3) is 2.84. The molecule has 90 valence electrons. The molecule has 4 nitrogen and oxygen atoms in total. The Morgan fingerprint density at radius 2 is 1.76 bits per heavy atom. The zero-order valence-electron chi connectivity index (χ0n) is 10.0. The molecule has 0 aliphatic carbocycles. The van der Waals surface area contributed by atoms with E-state index < -0.39 is 0 Å². The van der Waals surface area contributed by atoms with Crippen molar-refractivity contribution >= 4 is 0 Å². The van der Waals surface area contributed by atoms with Crippen LogP contribution in [0.2, 0.25) is 0 Å². The Labute approximate surface area is 101 Å². The normalized spacial score (nSPS) is 10.6. The highest BCUT2D eigenvalue weighted by atomic mass is 16.1. The zero-order valence-corrected chi connectivity index (χ0v) is 10.0. The van der Waals surface area contributed by atoms with E-state index in [0.717, 1.165) is 25.9 Å². The maximum Gasteiger partial charge on any atom is 0.328 e. The molecule has 17 heavy (non-hydrogen) atoms. The van der Waals surface area contributed by atoms with Crippen molar-refractivity contribution in [3.05, 3.63) is 53.0 Å². The highest BCUT2D eigenvalue weighted by molar-refractivity contribution is 5.09. The minimum Gasteiger partial charge on any atom is -0.299 e. The molecule has 0 aromatic carbocycles. The number of nitrogens with zero attached hydrogens (tertiary/aromatic N) is 3. The molecule has 0 N–H and O–H groups in total. The van der Waals surface area contributed by atoms with Crippen molar-refractivity contribution < 1.29 is 0 Å². The Kier molecular flexibility index (Phi) is 3.75. The first-order valence-corrected chi connectivity index (χ1v) is 5.95. The van der Waals surface area contributed by atoms with E-state index in [4.69, 9.17) is 0 Å². The average Bonchev–Trinajstić information content (AvgIpc) is 2.70. The predicted molar refractivity (Wildman–Crippen MR) is 66.9 cm³/mol. The molecule has 0 unspecified atom stereocenters. The quantitative estimate of drug-likeness (QED) is 0.785. The second kappa shape index (κ2) is 5.48. The summed E-state index contributed by atoms with van der Waals surface area (Å²) in [5, 5.41) is 0. The summed E-state index contributed by atoms with van der Waals surface area (Å²) in [7, 11) is 0. The SMILES string of the molecule is CCCn1ccn(CCc2ccncc2)c1=O. The Hall–Kier alpha value is -1.84. The third-order valence-electron chi connectivity index (χ3n) is 2.77. The summed E-state index contributed by atoms with van der Waals surface area (Å²) in [5.41, 5.74) is 1.29. The largest absolute Gasteiger partial charge is 0.328 e. The van der Waals surface area contributed by atoms with Gasteiger partial charge in [-0.3, -0.25) is 14.1 Å². The number of aromatic nitrogens is 3. The van der Waals surface area contributed by atoms with Crippen molar-refractivity contribution in [2.75, 3.05) is 0 Å². The van der Waals surface area contributed by atoms with Crippen LogP contribution in [0.3, 0.4) is 0 Å². The van der Waals surface area contributed by atoms with E-state index in [2.05, 4.69) is 11.9 Å². The molecule has 2 heterocycles. The molecule has 2 aromatic heterocycles. The maximum absolute atomic E-state index is 11.9. The molecule has 0 bridgehead atoms. The smallest absolute Gasteiger partial charge is 0.299 e. The van der Waals surface area contributed by atoms with Crippen molar-refractivity contribution in [1.29, 1.82) is 0 Å². The Morgan fingerprint density at radius 3 is 2.41 bits per heavy atom. The topological polar surface area (TPSA) is 39.8 Å². The van der Waals surface area contributed by atoms with Crippen LogP contribution in [-0.2, 0) is 19.5 Å². The van der Waals surface area contributed by atoms with E-state index in [9.17, 15) is 4.79 Å². The van der Waals surface area contributed by atoms with E-state index in [0.29, 0.717) is 0 Å². The predicted octanol–water partition coefficient (Wildman–Crippen LogP) is 1.70. The molecule has 0 atom stereocenters. The second-order valence-electron chi connectivity index (χ2n) is 4.07. The number of imidazole rings is 1. The third-order valence-corrected chi connectivity index (χ3v) is 2.77. The summed E-state index contributed by atoms with van der Waals surface area (Å²) in [6.07, 6.45) is 9.12. The summed E-state index contributed by atoms with van der Waals surface area (Å²) in [4.78, 5) is 15.9. The molecular formula is C13H17N3O. The summed E-state index contributed by atoms with van der Waals surface area (Å²) >= 11 is 0. The number of hydrogen-bond donors (Lipinski definition) is 0. The van der Waals surface area contributed by atoms with Gasteiger partial charge in [0, 0.05) is 37.9 Å². The van der Waals surface area contributed by atoms with Gasteiger partial charge in [0.25, 0.3) is 0 Å². The van der Waals surface area contributed by atoms with Gasteiger partial charge in [-0.1, -0.05) is 6.92 Å². The molecule has 0 saturated carbocycles. The molecular weight excluding hydrogens is 214 g/mol. The van der Waals surface area contributed by atoms with Gasteiger partial charge in [0.2, 0.25) is 0 Å². The first-order valence-electron chi connectivity index (χ1n) is 5.95. The van der Waals surface area contributed by atoms with Gasteiger partial charge in [-0.2, -0.15) is 0 Å². The van der Waals surface area contributed by atoms with Crippen molar-refractivity contribution in [2.45, 2.75) is 32.9 Å². The average molecular weight is 231 g/mol. The molecule has 0 radical (unpaired) electrons. The maximum atomic E-state index is 11.9. The van der Waals surface area contributed by atoms with Gasteiger partial charge >= 0.3 is 5.69 Å². The second-order valence-corrected chi connectivity index (χ2v) is 4.07. The van der Waals surface area contributed by atoms with Crippen molar-refractivity contribution in [3.63, 3.8) is 0 Å². The van der Waals surface area contributed by atoms with Crippen LogP contribution in [0.15, 0.2) is 41.7 Å². The Balaban J connectivity index is 2.02. The monoisotopic (exact) mass is 231 g/mol. The molecule has 2 aromatic rings. The van der Waals surface area contributed by atoms with Gasteiger partial charge in [-0.15, -0.1) is 0 Å². The lowest BCUT2D eigenvalue weighted by atomic mass is 10.2. The van der Waals surface area contributed by atoms with E-state index in [1.54, 1.807) is 21.5 Å². The molecule has 4 heteroatoms. The van der Waals surface area contributed by atoms with Crippen LogP contribution in [0.4, 0.5) is 0 Å². The summed E-state index contributed by atoms with van der Waals surface area (Å²) in [6.45, 7) is 3.58. The summed E-state index contributed by atoms with van der Waals surface area (Å²) in [6, 6.07) is 3.96. The highest BCUT2D eigenvalue weighted by Crippen LogP contribution is 1.99. The minimum absolute atomic E-state index is 0.0842. The van der Waals surface area contributed by atoms with Crippen LogP contribution >= 0.6 is 0 Å². The van der Waals surface area contributed by atoms with Crippen molar-refractivity contribution in [3.8, 4) is 0 Å². The standard InChI is InChI=1S/C13H17N3O/c1-2-8-15-10-11-16(13(15)17)9-5-12-3-6-14-7-4-12/h3-4,6-7,10-11H,2,5,8-9H2,1H3. The van der Waals surface area contributed by atoms with Gasteiger partial charge < -0.3 is 0 Å². The van der Waals surface area contributed by atoms with Crippen LogP contribution in [0.1, 0.15) is 18.9 Å². The zero-order chi connectivity index (χ0) is 12.1. The molecule has 0 aliphatic heterocycles. The van der Waals surface area contributed by atoms with Crippen LogP contribution < -0.4 is 5.69 Å². The number of pyridine rings is 1. The van der Waals surface area contributed by atoms with Gasteiger partial charge in [-0.05, 0) is 30.5 Å². The summed E-state index contributed by atoms with van der Waals surface area (Å²) < 4.78 is 3.52. The minimum atomic E-state index is 0.0842. The fraction of sp³-hybridized carbons (Fsp3) is 0.385. The number of rotatable bonds is 5. The molecule has 0 amide bonds.